The van der Waals surface area contributed by atoms with Crippen molar-refractivity contribution in [2.75, 3.05) is 66.7 Å². The van der Waals surface area contributed by atoms with Crippen LogP contribution in [0.25, 0.3) is 0 Å². The number of rotatable bonds is 14. The zero-order valence-corrected chi connectivity index (χ0v) is 26.0. The van der Waals surface area contributed by atoms with Crippen molar-refractivity contribution in [3.63, 3.8) is 0 Å². The van der Waals surface area contributed by atoms with E-state index in [1.54, 1.807) is 31.3 Å². The second kappa shape index (κ2) is 15.1. The maximum atomic E-state index is 13.9. The highest BCUT2D eigenvalue weighted by Gasteiger charge is 2.31. The first kappa shape index (κ1) is 32.1. The van der Waals surface area contributed by atoms with Gasteiger partial charge in [-0.1, -0.05) is 29.3 Å². The number of sulfonamides is 1. The lowest BCUT2D eigenvalue weighted by Gasteiger charge is -2.31. The van der Waals surface area contributed by atoms with Crippen LogP contribution < -0.4 is 9.47 Å². The number of carbonyl (C=O) groups excluding carboxylic acids is 1. The summed E-state index contributed by atoms with van der Waals surface area (Å²) in [6.45, 7) is 3.10. The largest absolute Gasteiger partial charge is 0.493 e. The first-order valence-electron chi connectivity index (χ1n) is 13.5. The van der Waals surface area contributed by atoms with Crippen molar-refractivity contribution in [1.29, 1.82) is 0 Å². The van der Waals surface area contributed by atoms with Crippen LogP contribution >= 0.6 is 23.2 Å². The Labute approximate surface area is 256 Å². The molecule has 228 valence electrons. The van der Waals surface area contributed by atoms with E-state index >= 15 is 0 Å². The fourth-order valence-electron chi connectivity index (χ4n) is 4.61. The van der Waals surface area contributed by atoms with E-state index in [9.17, 15) is 13.2 Å². The third-order valence-electron chi connectivity index (χ3n) is 6.99. The van der Waals surface area contributed by atoms with E-state index in [1.807, 2.05) is 18.2 Å². The molecule has 2 aromatic carbocycles. The smallest absolute Gasteiger partial charge is 0.245 e. The quantitative estimate of drug-likeness (QED) is 0.259. The fraction of sp³-hybridized carbons (Fsp3) is 0.414. The number of hydrogen-bond acceptors (Lipinski definition) is 8. The first-order valence-corrected chi connectivity index (χ1v) is 15.7. The van der Waals surface area contributed by atoms with Crippen LogP contribution in [-0.2, 0) is 32.5 Å². The molecule has 0 radical (unpaired) electrons. The Morgan fingerprint density at radius 2 is 1.76 bits per heavy atom. The molecule has 1 fully saturated rings. The van der Waals surface area contributed by atoms with Crippen LogP contribution in [-0.4, -0.2) is 95.1 Å². The van der Waals surface area contributed by atoms with Crippen molar-refractivity contribution in [2.24, 2.45) is 0 Å². The SMILES string of the molecule is COc1ccc(CCN(Cc2ccco2)C(=O)CN(CCN2CCOCC2)S(=O)(=O)c2cc(Cl)ccc2Cl)cc1OC. The van der Waals surface area contributed by atoms with Gasteiger partial charge in [-0.05, 0) is 54.4 Å². The average Bonchev–Trinajstić information content (AvgIpc) is 3.52. The number of benzene rings is 2. The number of carbonyl (C=O) groups is 1. The number of hydrogen-bond donors (Lipinski definition) is 0. The summed E-state index contributed by atoms with van der Waals surface area (Å²) >= 11 is 12.4. The number of ether oxygens (including phenoxy) is 3. The minimum Gasteiger partial charge on any atom is -0.493 e. The molecular formula is C29H35Cl2N3O7S. The lowest BCUT2D eigenvalue weighted by atomic mass is 10.1. The zero-order valence-electron chi connectivity index (χ0n) is 23.6. The van der Waals surface area contributed by atoms with Crippen LogP contribution in [0, 0.1) is 0 Å². The molecule has 0 N–H and O–H groups in total. The Morgan fingerprint density at radius 1 is 1.00 bits per heavy atom. The van der Waals surface area contributed by atoms with Gasteiger partial charge in [-0.15, -0.1) is 0 Å². The summed E-state index contributed by atoms with van der Waals surface area (Å²) in [7, 11) is -1.04. The van der Waals surface area contributed by atoms with Crippen LogP contribution in [0.1, 0.15) is 11.3 Å². The van der Waals surface area contributed by atoms with Gasteiger partial charge in [0.2, 0.25) is 15.9 Å². The third-order valence-corrected chi connectivity index (χ3v) is 9.55. The van der Waals surface area contributed by atoms with Gasteiger partial charge in [0, 0.05) is 37.7 Å². The lowest BCUT2D eigenvalue weighted by molar-refractivity contribution is -0.132. The summed E-state index contributed by atoms with van der Waals surface area (Å²) in [4.78, 5) is 17.4. The maximum absolute atomic E-state index is 13.9. The van der Waals surface area contributed by atoms with Gasteiger partial charge in [0.25, 0.3) is 0 Å². The highest BCUT2D eigenvalue weighted by molar-refractivity contribution is 7.89. The van der Waals surface area contributed by atoms with Gasteiger partial charge in [0.1, 0.15) is 10.7 Å². The minimum atomic E-state index is -4.17. The molecule has 42 heavy (non-hydrogen) atoms. The van der Waals surface area contributed by atoms with E-state index in [-0.39, 0.29) is 40.5 Å². The van der Waals surface area contributed by atoms with Crippen molar-refractivity contribution in [1.82, 2.24) is 14.1 Å². The summed E-state index contributed by atoms with van der Waals surface area (Å²) in [6, 6.07) is 13.3. The number of methoxy groups -OCH3 is 2. The molecule has 0 spiro atoms. The number of nitrogens with zero attached hydrogens (tertiary/aromatic N) is 3. The molecule has 0 aliphatic carbocycles. The first-order chi connectivity index (χ1) is 20.2. The number of furan rings is 1. The normalized spacial score (nSPS) is 14.2. The Morgan fingerprint density at radius 3 is 2.45 bits per heavy atom. The summed E-state index contributed by atoms with van der Waals surface area (Å²) < 4.78 is 50.6. The Bertz CT molecular complexity index is 1430. The molecule has 0 atom stereocenters. The molecule has 2 heterocycles. The standard InChI is InChI=1S/C29H35Cl2N3O7S/c1-38-26-8-5-22(18-27(26)39-2)9-10-33(20-24-4-3-15-41-24)29(35)21-34(12-11-32-13-16-40-17-14-32)42(36,37)28-19-23(30)6-7-25(28)31/h3-8,15,18-19H,9-14,16-17,20-21H2,1-2H3. The number of morpholine rings is 1. The van der Waals surface area contributed by atoms with E-state index in [2.05, 4.69) is 4.90 Å². The molecule has 1 amide bonds. The van der Waals surface area contributed by atoms with E-state index in [1.165, 1.54) is 28.8 Å². The number of halogens is 2. The van der Waals surface area contributed by atoms with Crippen LogP contribution in [0.2, 0.25) is 10.0 Å². The van der Waals surface area contributed by atoms with Gasteiger partial charge < -0.3 is 23.5 Å². The van der Waals surface area contributed by atoms with E-state index in [4.69, 9.17) is 41.8 Å². The second-order valence-electron chi connectivity index (χ2n) is 9.70. The molecule has 13 heteroatoms. The van der Waals surface area contributed by atoms with Crippen LogP contribution in [0.3, 0.4) is 0 Å². The number of amides is 1. The fourth-order valence-corrected chi connectivity index (χ4v) is 6.73. The molecule has 4 rings (SSSR count). The monoisotopic (exact) mass is 639 g/mol. The molecule has 0 bridgehead atoms. The van der Waals surface area contributed by atoms with Gasteiger partial charge in [0.05, 0.1) is 51.8 Å². The van der Waals surface area contributed by atoms with Gasteiger partial charge in [-0.25, -0.2) is 8.42 Å². The van der Waals surface area contributed by atoms with Gasteiger partial charge in [-0.3, -0.25) is 9.69 Å². The molecule has 0 saturated carbocycles. The molecule has 10 nitrogen and oxygen atoms in total. The predicted molar refractivity (Wildman–Crippen MR) is 160 cm³/mol. The van der Waals surface area contributed by atoms with Crippen molar-refractivity contribution in [2.45, 2.75) is 17.9 Å². The molecule has 0 unspecified atom stereocenters. The van der Waals surface area contributed by atoms with Gasteiger partial charge >= 0.3 is 0 Å². The Kier molecular flexibility index (Phi) is 11.5. The third kappa shape index (κ3) is 8.40. The van der Waals surface area contributed by atoms with Gasteiger partial charge in [0.15, 0.2) is 11.5 Å². The molecule has 1 aromatic heterocycles. The summed E-state index contributed by atoms with van der Waals surface area (Å²) in [5, 5.41) is 0.260. The zero-order chi connectivity index (χ0) is 30.1. The molecular weight excluding hydrogens is 605 g/mol. The summed E-state index contributed by atoms with van der Waals surface area (Å²) in [5.41, 5.74) is 0.924. The highest BCUT2D eigenvalue weighted by Crippen LogP contribution is 2.29. The Balaban J connectivity index is 1.57. The minimum absolute atomic E-state index is 0.0316. The predicted octanol–water partition coefficient (Wildman–Crippen LogP) is 4.20. The molecule has 1 aliphatic heterocycles. The molecule has 3 aromatic rings. The van der Waals surface area contributed by atoms with Crippen LogP contribution in [0.4, 0.5) is 0 Å². The van der Waals surface area contributed by atoms with Crippen molar-refractivity contribution < 1.29 is 31.8 Å². The van der Waals surface area contributed by atoms with Crippen LogP contribution in [0.5, 0.6) is 11.5 Å². The van der Waals surface area contributed by atoms with Crippen LogP contribution in [0.15, 0.2) is 64.1 Å². The molecule has 1 aliphatic rings. The van der Waals surface area contributed by atoms with E-state index < -0.39 is 10.0 Å². The van der Waals surface area contributed by atoms with Gasteiger partial charge in [-0.2, -0.15) is 4.31 Å². The maximum Gasteiger partial charge on any atom is 0.245 e. The Hall–Kier alpha value is -2.80. The van der Waals surface area contributed by atoms with Crippen molar-refractivity contribution >= 4 is 39.1 Å². The topological polar surface area (TPSA) is 102 Å². The van der Waals surface area contributed by atoms with Crippen molar-refractivity contribution in [3.05, 3.63) is 76.2 Å². The van der Waals surface area contributed by atoms with E-state index in [0.29, 0.717) is 63.1 Å². The lowest BCUT2D eigenvalue weighted by Crippen LogP contribution is -2.47. The molecule has 1 saturated heterocycles. The average molecular weight is 641 g/mol. The van der Waals surface area contributed by atoms with E-state index in [0.717, 1.165) is 5.56 Å². The van der Waals surface area contributed by atoms with Crippen molar-refractivity contribution in [3.8, 4) is 11.5 Å². The highest BCUT2D eigenvalue weighted by atomic mass is 35.5. The summed E-state index contributed by atoms with van der Waals surface area (Å²) in [5.74, 6) is 1.38. The second-order valence-corrected chi connectivity index (χ2v) is 12.5. The summed E-state index contributed by atoms with van der Waals surface area (Å²) in [6.07, 6.45) is 2.03.